The van der Waals surface area contributed by atoms with Gasteiger partial charge in [0.1, 0.15) is 5.69 Å². The van der Waals surface area contributed by atoms with Crippen molar-refractivity contribution in [3.8, 4) is 0 Å². The first kappa shape index (κ1) is 17.4. The molecule has 0 atom stereocenters. The number of anilines is 2. The maximum atomic E-state index is 12.7. The Morgan fingerprint density at radius 2 is 1.76 bits per heavy atom. The number of piperidine rings is 1. The van der Waals surface area contributed by atoms with E-state index in [1.807, 2.05) is 4.90 Å². The smallest absolute Gasteiger partial charge is 0.272 e. The summed E-state index contributed by atoms with van der Waals surface area (Å²) in [6.07, 6.45) is 6.88. The topological polar surface area (TPSA) is 58.1 Å². The van der Waals surface area contributed by atoms with Gasteiger partial charge in [0, 0.05) is 25.0 Å². The summed E-state index contributed by atoms with van der Waals surface area (Å²) < 4.78 is 0. The van der Waals surface area contributed by atoms with Crippen molar-refractivity contribution in [1.29, 1.82) is 0 Å². The summed E-state index contributed by atoms with van der Waals surface area (Å²) in [6, 6.07) is 8.02. The summed E-state index contributed by atoms with van der Waals surface area (Å²) in [7, 11) is 0. The van der Waals surface area contributed by atoms with E-state index in [1.165, 1.54) is 17.5 Å². The van der Waals surface area contributed by atoms with E-state index in [-0.39, 0.29) is 5.91 Å². The first-order chi connectivity index (χ1) is 12.2. The molecular formula is C20H26N4O. The molecule has 25 heavy (non-hydrogen) atoms. The summed E-state index contributed by atoms with van der Waals surface area (Å²) in [5, 5.41) is 3.35. The predicted molar refractivity (Wildman–Crippen MR) is 100 cm³/mol. The normalized spacial score (nSPS) is 14.4. The Kier molecular flexibility index (Phi) is 5.64. The summed E-state index contributed by atoms with van der Waals surface area (Å²) in [5.74, 6) is 0.489. The Bertz CT molecular complexity index is 716. The van der Waals surface area contributed by atoms with Gasteiger partial charge in [0.2, 0.25) is 5.95 Å². The molecule has 0 spiro atoms. The second-order valence-electron chi connectivity index (χ2n) is 6.40. The maximum Gasteiger partial charge on any atom is 0.272 e. The number of hydrogen-bond donors (Lipinski definition) is 1. The highest BCUT2D eigenvalue weighted by Gasteiger charge is 2.20. The molecule has 1 aliphatic heterocycles. The van der Waals surface area contributed by atoms with E-state index in [0.29, 0.717) is 11.6 Å². The average Bonchev–Trinajstić information content (AvgIpc) is 2.68. The maximum absolute atomic E-state index is 12.7. The molecule has 5 heteroatoms. The minimum atomic E-state index is 0.00430. The SMILES string of the molecule is CCc1cccc(CC)c1Nc1nccc(C(=O)N2CCCCC2)n1. The molecule has 2 aromatic rings. The van der Waals surface area contributed by atoms with Crippen molar-refractivity contribution in [3.05, 3.63) is 47.3 Å². The second kappa shape index (κ2) is 8.10. The van der Waals surface area contributed by atoms with Crippen molar-refractivity contribution < 1.29 is 4.79 Å². The zero-order chi connectivity index (χ0) is 17.6. The molecule has 1 aromatic heterocycles. The number of rotatable bonds is 5. The minimum Gasteiger partial charge on any atom is -0.337 e. The lowest BCUT2D eigenvalue weighted by molar-refractivity contribution is 0.0718. The number of nitrogens with one attached hydrogen (secondary N) is 1. The van der Waals surface area contributed by atoms with Crippen molar-refractivity contribution >= 4 is 17.5 Å². The van der Waals surface area contributed by atoms with E-state index < -0.39 is 0 Å². The van der Waals surface area contributed by atoms with Gasteiger partial charge in [-0.25, -0.2) is 9.97 Å². The second-order valence-corrected chi connectivity index (χ2v) is 6.40. The van der Waals surface area contributed by atoms with E-state index >= 15 is 0 Å². The van der Waals surface area contributed by atoms with E-state index in [9.17, 15) is 4.79 Å². The molecule has 3 rings (SSSR count). The Balaban J connectivity index is 1.84. The molecule has 0 bridgehead atoms. The molecule has 132 valence electrons. The number of benzene rings is 1. The molecule has 1 saturated heterocycles. The van der Waals surface area contributed by atoms with Crippen molar-refractivity contribution in [2.45, 2.75) is 46.0 Å². The number of carbonyl (C=O) groups is 1. The predicted octanol–water partition coefficient (Wildman–Crippen LogP) is 3.97. The Morgan fingerprint density at radius 3 is 2.40 bits per heavy atom. The molecule has 1 aromatic carbocycles. The highest BCUT2D eigenvalue weighted by Crippen LogP contribution is 2.25. The summed E-state index contributed by atoms with van der Waals surface area (Å²) >= 11 is 0. The van der Waals surface area contributed by atoms with Crippen LogP contribution in [0.4, 0.5) is 11.6 Å². The van der Waals surface area contributed by atoms with Crippen LogP contribution in [0.5, 0.6) is 0 Å². The van der Waals surface area contributed by atoms with Gasteiger partial charge in [-0.2, -0.15) is 0 Å². The minimum absolute atomic E-state index is 0.00430. The van der Waals surface area contributed by atoms with Crippen molar-refractivity contribution in [1.82, 2.24) is 14.9 Å². The number of hydrogen-bond acceptors (Lipinski definition) is 4. The Hall–Kier alpha value is -2.43. The van der Waals surface area contributed by atoms with Crippen LogP contribution in [0.3, 0.4) is 0 Å². The van der Waals surface area contributed by atoms with Gasteiger partial charge < -0.3 is 10.2 Å². The fourth-order valence-electron chi connectivity index (χ4n) is 3.31. The standard InChI is InChI=1S/C20H26N4O/c1-3-15-9-8-10-16(4-2)18(15)23-20-21-12-11-17(22-20)19(25)24-13-6-5-7-14-24/h8-12H,3-7,13-14H2,1-2H3,(H,21,22,23). The fourth-order valence-corrected chi connectivity index (χ4v) is 3.31. The van der Waals surface area contributed by atoms with Crippen molar-refractivity contribution in [2.75, 3.05) is 18.4 Å². The number of nitrogens with zero attached hydrogens (tertiary/aromatic N) is 3. The van der Waals surface area contributed by atoms with Gasteiger partial charge in [-0.15, -0.1) is 0 Å². The molecule has 0 aliphatic carbocycles. The zero-order valence-electron chi connectivity index (χ0n) is 15.1. The van der Waals surface area contributed by atoms with E-state index in [4.69, 9.17) is 0 Å². The van der Waals surface area contributed by atoms with Gasteiger partial charge in [0.15, 0.2) is 0 Å². The van der Waals surface area contributed by atoms with Crippen LogP contribution in [0.1, 0.15) is 54.7 Å². The summed E-state index contributed by atoms with van der Waals surface area (Å²) in [5.41, 5.74) is 3.99. The molecule has 1 N–H and O–H groups in total. The van der Waals surface area contributed by atoms with Crippen LogP contribution in [-0.2, 0) is 12.8 Å². The van der Waals surface area contributed by atoms with E-state index in [1.54, 1.807) is 12.3 Å². The molecule has 1 amide bonds. The first-order valence-corrected chi connectivity index (χ1v) is 9.23. The highest BCUT2D eigenvalue weighted by molar-refractivity contribution is 5.92. The third kappa shape index (κ3) is 3.98. The van der Waals surface area contributed by atoms with Crippen LogP contribution in [0, 0.1) is 0 Å². The van der Waals surface area contributed by atoms with E-state index in [0.717, 1.165) is 44.5 Å². The monoisotopic (exact) mass is 338 g/mol. The van der Waals surface area contributed by atoms with Crippen LogP contribution < -0.4 is 5.32 Å². The first-order valence-electron chi connectivity index (χ1n) is 9.23. The number of amides is 1. The zero-order valence-corrected chi connectivity index (χ0v) is 15.1. The molecule has 2 heterocycles. The number of carbonyl (C=O) groups excluding carboxylic acids is 1. The number of aryl methyl sites for hydroxylation is 2. The number of para-hydroxylation sites is 1. The van der Waals surface area contributed by atoms with Crippen LogP contribution in [0.15, 0.2) is 30.5 Å². The summed E-state index contributed by atoms with van der Waals surface area (Å²) in [4.78, 5) is 23.4. The lowest BCUT2D eigenvalue weighted by Crippen LogP contribution is -2.36. The van der Waals surface area contributed by atoms with Gasteiger partial charge in [0.05, 0.1) is 0 Å². The molecule has 0 unspecified atom stereocenters. The average molecular weight is 338 g/mol. The van der Waals surface area contributed by atoms with Gasteiger partial charge >= 0.3 is 0 Å². The van der Waals surface area contributed by atoms with E-state index in [2.05, 4.69) is 47.3 Å². The van der Waals surface area contributed by atoms with Crippen molar-refractivity contribution in [3.63, 3.8) is 0 Å². The molecule has 0 saturated carbocycles. The van der Waals surface area contributed by atoms with Gasteiger partial charge in [-0.1, -0.05) is 32.0 Å². The van der Waals surface area contributed by atoms with Crippen LogP contribution in [0.25, 0.3) is 0 Å². The number of aromatic nitrogens is 2. The highest BCUT2D eigenvalue weighted by atomic mass is 16.2. The molecule has 1 aliphatic rings. The van der Waals surface area contributed by atoms with Gasteiger partial charge in [-0.3, -0.25) is 4.79 Å². The number of likely N-dealkylation sites (tertiary alicyclic amines) is 1. The third-order valence-electron chi connectivity index (χ3n) is 4.75. The lowest BCUT2D eigenvalue weighted by Gasteiger charge is -2.26. The van der Waals surface area contributed by atoms with Crippen LogP contribution >= 0.6 is 0 Å². The quantitative estimate of drug-likeness (QED) is 0.896. The van der Waals surface area contributed by atoms with Crippen molar-refractivity contribution in [2.24, 2.45) is 0 Å². The fraction of sp³-hybridized carbons (Fsp3) is 0.450. The Morgan fingerprint density at radius 1 is 1.08 bits per heavy atom. The molecular weight excluding hydrogens is 312 g/mol. The lowest BCUT2D eigenvalue weighted by atomic mass is 10.0. The molecule has 1 fully saturated rings. The molecule has 0 radical (unpaired) electrons. The van der Waals surface area contributed by atoms with Gasteiger partial charge in [-0.05, 0) is 49.3 Å². The van der Waals surface area contributed by atoms with Crippen LogP contribution in [-0.4, -0.2) is 33.9 Å². The van der Waals surface area contributed by atoms with Gasteiger partial charge in [0.25, 0.3) is 5.91 Å². The Labute approximate surface area is 149 Å². The van der Waals surface area contributed by atoms with Crippen LogP contribution in [0.2, 0.25) is 0 Å². The summed E-state index contributed by atoms with van der Waals surface area (Å²) in [6.45, 7) is 5.92. The molecule has 5 nitrogen and oxygen atoms in total. The third-order valence-corrected chi connectivity index (χ3v) is 4.75. The largest absolute Gasteiger partial charge is 0.337 e.